The largest absolute Gasteiger partial charge is 0.339 e. The molecule has 1 aromatic heterocycles. The first-order valence-electron chi connectivity index (χ1n) is 4.92. The Morgan fingerprint density at radius 3 is 3.07 bits per heavy atom. The smallest absolute Gasteiger partial charge is 0.232 e. The minimum absolute atomic E-state index is 0.387. The van der Waals surface area contributed by atoms with Gasteiger partial charge in [-0.25, -0.2) is 0 Å². The van der Waals surface area contributed by atoms with Crippen LogP contribution in [0.2, 0.25) is 0 Å². The SMILES string of the molecule is CCc1noc(C2CSCC2NC)n1. The van der Waals surface area contributed by atoms with Crippen molar-refractivity contribution in [2.24, 2.45) is 0 Å². The zero-order valence-electron chi connectivity index (χ0n) is 8.49. The van der Waals surface area contributed by atoms with Gasteiger partial charge in [-0.1, -0.05) is 12.1 Å². The van der Waals surface area contributed by atoms with Crippen molar-refractivity contribution >= 4 is 11.8 Å². The van der Waals surface area contributed by atoms with Gasteiger partial charge in [-0.3, -0.25) is 0 Å². The number of aromatic nitrogens is 2. The van der Waals surface area contributed by atoms with Crippen LogP contribution in [0.1, 0.15) is 24.6 Å². The van der Waals surface area contributed by atoms with Crippen LogP contribution >= 0.6 is 11.8 Å². The van der Waals surface area contributed by atoms with Crippen LogP contribution in [-0.4, -0.2) is 34.7 Å². The van der Waals surface area contributed by atoms with Crippen molar-refractivity contribution in [2.45, 2.75) is 25.3 Å². The second-order valence-corrected chi connectivity index (χ2v) is 4.52. The van der Waals surface area contributed by atoms with Gasteiger partial charge in [0.1, 0.15) is 0 Å². The molecule has 0 saturated carbocycles. The zero-order chi connectivity index (χ0) is 9.97. The monoisotopic (exact) mass is 213 g/mol. The summed E-state index contributed by atoms with van der Waals surface area (Å²) in [6, 6.07) is 0.477. The van der Waals surface area contributed by atoms with Crippen LogP contribution in [0.3, 0.4) is 0 Å². The van der Waals surface area contributed by atoms with Crippen LogP contribution in [0, 0.1) is 0 Å². The van der Waals surface area contributed by atoms with Gasteiger partial charge in [-0.05, 0) is 7.05 Å². The van der Waals surface area contributed by atoms with Crippen molar-refractivity contribution in [3.63, 3.8) is 0 Å². The van der Waals surface area contributed by atoms with Crippen LogP contribution in [0.25, 0.3) is 0 Å². The number of likely N-dealkylation sites (N-methyl/N-ethyl adjacent to an activating group) is 1. The van der Waals surface area contributed by atoms with E-state index in [1.54, 1.807) is 0 Å². The quantitative estimate of drug-likeness (QED) is 0.813. The summed E-state index contributed by atoms with van der Waals surface area (Å²) in [5.74, 6) is 4.21. The fourth-order valence-electron chi connectivity index (χ4n) is 1.64. The molecule has 1 aromatic rings. The van der Waals surface area contributed by atoms with Gasteiger partial charge >= 0.3 is 0 Å². The van der Waals surface area contributed by atoms with Crippen molar-refractivity contribution in [3.8, 4) is 0 Å². The Bertz CT molecular complexity index is 302. The maximum atomic E-state index is 5.26. The molecule has 0 amide bonds. The minimum Gasteiger partial charge on any atom is -0.339 e. The van der Waals surface area contributed by atoms with Crippen molar-refractivity contribution in [3.05, 3.63) is 11.7 Å². The van der Waals surface area contributed by atoms with Gasteiger partial charge < -0.3 is 9.84 Å². The predicted octanol–water partition coefficient (Wildman–Crippen LogP) is 1.05. The molecule has 14 heavy (non-hydrogen) atoms. The van der Waals surface area contributed by atoms with E-state index in [0.717, 1.165) is 29.6 Å². The molecule has 5 heteroatoms. The molecule has 0 aliphatic carbocycles. The van der Waals surface area contributed by atoms with E-state index in [2.05, 4.69) is 15.5 Å². The number of thioether (sulfide) groups is 1. The Morgan fingerprint density at radius 1 is 1.57 bits per heavy atom. The van der Waals surface area contributed by atoms with Crippen LogP contribution in [-0.2, 0) is 6.42 Å². The van der Waals surface area contributed by atoms with Gasteiger partial charge in [0.05, 0.1) is 5.92 Å². The molecule has 4 nitrogen and oxygen atoms in total. The third kappa shape index (κ3) is 1.79. The van der Waals surface area contributed by atoms with E-state index in [9.17, 15) is 0 Å². The van der Waals surface area contributed by atoms with Gasteiger partial charge in [-0.2, -0.15) is 16.7 Å². The number of hydrogen-bond acceptors (Lipinski definition) is 5. The van der Waals surface area contributed by atoms with E-state index in [1.165, 1.54) is 0 Å². The molecule has 1 aliphatic rings. The van der Waals surface area contributed by atoms with E-state index in [1.807, 2.05) is 25.7 Å². The average molecular weight is 213 g/mol. The molecule has 1 fully saturated rings. The fraction of sp³-hybridized carbons (Fsp3) is 0.778. The highest BCUT2D eigenvalue weighted by atomic mass is 32.2. The lowest BCUT2D eigenvalue weighted by atomic mass is 10.0. The summed E-state index contributed by atoms with van der Waals surface area (Å²) >= 11 is 1.94. The van der Waals surface area contributed by atoms with E-state index in [0.29, 0.717) is 12.0 Å². The highest BCUT2D eigenvalue weighted by Gasteiger charge is 2.32. The predicted molar refractivity (Wildman–Crippen MR) is 56.6 cm³/mol. The van der Waals surface area contributed by atoms with E-state index >= 15 is 0 Å². The standard InChI is InChI=1S/C9H15N3OS/c1-3-8-11-9(13-12-8)6-4-14-5-7(6)10-2/h6-7,10H,3-5H2,1-2H3. The van der Waals surface area contributed by atoms with Crippen LogP contribution in [0.4, 0.5) is 0 Å². The Morgan fingerprint density at radius 2 is 2.43 bits per heavy atom. The van der Waals surface area contributed by atoms with Crippen molar-refractivity contribution in [1.29, 1.82) is 0 Å². The van der Waals surface area contributed by atoms with Gasteiger partial charge in [0.2, 0.25) is 5.89 Å². The molecule has 2 rings (SSSR count). The first-order chi connectivity index (χ1) is 6.85. The van der Waals surface area contributed by atoms with Crippen molar-refractivity contribution in [2.75, 3.05) is 18.6 Å². The van der Waals surface area contributed by atoms with E-state index < -0.39 is 0 Å². The molecule has 1 N–H and O–H groups in total. The molecule has 1 aliphatic heterocycles. The first kappa shape index (κ1) is 9.98. The molecule has 0 aromatic carbocycles. The molecule has 2 unspecified atom stereocenters. The normalized spacial score (nSPS) is 27.0. The third-order valence-corrected chi connectivity index (χ3v) is 3.76. The lowest BCUT2D eigenvalue weighted by Crippen LogP contribution is -2.31. The first-order valence-corrected chi connectivity index (χ1v) is 6.08. The number of nitrogens with one attached hydrogen (secondary N) is 1. The maximum absolute atomic E-state index is 5.26. The molecule has 0 radical (unpaired) electrons. The Balaban J connectivity index is 2.13. The number of aryl methyl sites for hydroxylation is 1. The van der Waals surface area contributed by atoms with E-state index in [4.69, 9.17) is 4.52 Å². The molecule has 0 spiro atoms. The second-order valence-electron chi connectivity index (χ2n) is 3.44. The van der Waals surface area contributed by atoms with Crippen molar-refractivity contribution in [1.82, 2.24) is 15.5 Å². The lowest BCUT2D eigenvalue weighted by Gasteiger charge is -2.13. The summed E-state index contributed by atoms with van der Waals surface area (Å²) in [7, 11) is 1.99. The minimum atomic E-state index is 0.387. The molecule has 1 saturated heterocycles. The molecule has 2 atom stereocenters. The average Bonchev–Trinajstić information content (AvgIpc) is 2.85. The molecule has 2 heterocycles. The van der Waals surface area contributed by atoms with E-state index in [-0.39, 0.29) is 0 Å². The van der Waals surface area contributed by atoms with Crippen molar-refractivity contribution < 1.29 is 4.52 Å². The summed E-state index contributed by atoms with van der Waals surface area (Å²) in [5.41, 5.74) is 0. The number of rotatable bonds is 3. The lowest BCUT2D eigenvalue weighted by molar-refractivity contribution is 0.340. The Kier molecular flexibility index (Phi) is 3.08. The molecular formula is C9H15N3OS. The molecule has 0 bridgehead atoms. The van der Waals surface area contributed by atoms with Gasteiger partial charge in [0.15, 0.2) is 5.82 Å². The fourth-order valence-corrected chi connectivity index (χ4v) is 3.06. The highest BCUT2D eigenvalue weighted by molar-refractivity contribution is 7.99. The van der Waals surface area contributed by atoms with Gasteiger partial charge in [-0.15, -0.1) is 0 Å². The second kappa shape index (κ2) is 4.31. The zero-order valence-corrected chi connectivity index (χ0v) is 9.30. The number of hydrogen-bond donors (Lipinski definition) is 1. The molecule has 78 valence electrons. The number of nitrogens with zero attached hydrogens (tertiary/aromatic N) is 2. The topological polar surface area (TPSA) is 51.0 Å². The molecular weight excluding hydrogens is 198 g/mol. The third-order valence-electron chi connectivity index (χ3n) is 2.57. The van der Waals surface area contributed by atoms with Gasteiger partial charge in [0.25, 0.3) is 0 Å². The summed E-state index contributed by atoms with van der Waals surface area (Å²) in [4.78, 5) is 4.38. The summed E-state index contributed by atoms with van der Waals surface area (Å²) in [6.45, 7) is 2.04. The van der Waals surface area contributed by atoms with Gasteiger partial charge in [0, 0.05) is 24.0 Å². The summed E-state index contributed by atoms with van der Waals surface area (Å²) in [6.07, 6.45) is 0.841. The Hall–Kier alpha value is -0.550. The van der Waals surface area contributed by atoms with Crippen LogP contribution < -0.4 is 5.32 Å². The maximum Gasteiger partial charge on any atom is 0.232 e. The van der Waals surface area contributed by atoms with Crippen LogP contribution in [0.5, 0.6) is 0 Å². The summed E-state index contributed by atoms with van der Waals surface area (Å²) < 4.78 is 5.26. The van der Waals surface area contributed by atoms with Crippen LogP contribution in [0.15, 0.2) is 4.52 Å². The Labute approximate surface area is 87.8 Å². The highest BCUT2D eigenvalue weighted by Crippen LogP contribution is 2.31. The summed E-state index contributed by atoms with van der Waals surface area (Å²) in [5, 5.41) is 7.22.